The SMILES string of the molecule is Nc1c2c(nc3ccccc13)COCC2. The summed E-state index contributed by atoms with van der Waals surface area (Å²) in [5.41, 5.74) is 10.1. The van der Waals surface area contributed by atoms with E-state index in [1.807, 2.05) is 24.3 Å². The van der Waals surface area contributed by atoms with Crippen LogP contribution in [0.1, 0.15) is 11.3 Å². The molecular weight excluding hydrogens is 188 g/mol. The molecule has 0 spiro atoms. The van der Waals surface area contributed by atoms with E-state index in [-0.39, 0.29) is 0 Å². The molecule has 3 nitrogen and oxygen atoms in total. The van der Waals surface area contributed by atoms with Crippen molar-refractivity contribution in [1.29, 1.82) is 0 Å². The Labute approximate surface area is 87.9 Å². The summed E-state index contributed by atoms with van der Waals surface area (Å²) in [6, 6.07) is 7.98. The Kier molecular flexibility index (Phi) is 1.86. The molecule has 1 aliphatic heterocycles. The molecule has 76 valence electrons. The van der Waals surface area contributed by atoms with E-state index >= 15 is 0 Å². The van der Waals surface area contributed by atoms with Gasteiger partial charge in [0.1, 0.15) is 0 Å². The average Bonchev–Trinajstić information content (AvgIpc) is 2.30. The lowest BCUT2D eigenvalue weighted by molar-refractivity contribution is 0.108. The van der Waals surface area contributed by atoms with Crippen molar-refractivity contribution in [1.82, 2.24) is 4.98 Å². The molecule has 2 heterocycles. The zero-order chi connectivity index (χ0) is 10.3. The van der Waals surface area contributed by atoms with Crippen LogP contribution in [0.4, 0.5) is 5.69 Å². The summed E-state index contributed by atoms with van der Waals surface area (Å²) in [5, 5.41) is 1.05. The van der Waals surface area contributed by atoms with E-state index in [2.05, 4.69) is 4.98 Å². The summed E-state index contributed by atoms with van der Waals surface area (Å²) in [5.74, 6) is 0. The predicted molar refractivity (Wildman–Crippen MR) is 59.5 cm³/mol. The van der Waals surface area contributed by atoms with Crippen LogP contribution in [0.25, 0.3) is 10.9 Å². The van der Waals surface area contributed by atoms with Crippen LogP contribution in [0, 0.1) is 0 Å². The number of rotatable bonds is 0. The molecule has 1 aliphatic rings. The van der Waals surface area contributed by atoms with Crippen LogP contribution in [0.2, 0.25) is 0 Å². The Morgan fingerprint density at radius 3 is 3.07 bits per heavy atom. The van der Waals surface area contributed by atoms with Gasteiger partial charge in [-0.1, -0.05) is 18.2 Å². The second kappa shape index (κ2) is 3.21. The first-order valence-electron chi connectivity index (χ1n) is 5.10. The fourth-order valence-corrected chi connectivity index (χ4v) is 2.07. The van der Waals surface area contributed by atoms with Crippen molar-refractivity contribution in [3.05, 3.63) is 35.5 Å². The van der Waals surface area contributed by atoms with Gasteiger partial charge >= 0.3 is 0 Å². The maximum absolute atomic E-state index is 6.14. The van der Waals surface area contributed by atoms with Gasteiger partial charge in [-0.15, -0.1) is 0 Å². The highest BCUT2D eigenvalue weighted by Gasteiger charge is 2.15. The number of para-hydroxylation sites is 1. The highest BCUT2D eigenvalue weighted by atomic mass is 16.5. The van der Waals surface area contributed by atoms with Gasteiger partial charge in [0.15, 0.2) is 0 Å². The number of pyridine rings is 1. The zero-order valence-corrected chi connectivity index (χ0v) is 8.36. The van der Waals surface area contributed by atoms with Gasteiger partial charge in [0.2, 0.25) is 0 Å². The molecule has 1 aromatic heterocycles. The molecule has 0 unspecified atom stereocenters. The molecule has 0 atom stereocenters. The third kappa shape index (κ3) is 1.27. The minimum Gasteiger partial charge on any atom is -0.398 e. The van der Waals surface area contributed by atoms with E-state index in [0.717, 1.165) is 35.3 Å². The van der Waals surface area contributed by atoms with Crippen LogP contribution in [0.3, 0.4) is 0 Å². The minimum absolute atomic E-state index is 0.588. The molecular formula is C12H12N2O. The Hall–Kier alpha value is -1.61. The number of nitrogens with zero attached hydrogens (tertiary/aromatic N) is 1. The van der Waals surface area contributed by atoms with E-state index in [1.165, 1.54) is 5.56 Å². The first-order valence-corrected chi connectivity index (χ1v) is 5.10. The molecule has 0 saturated heterocycles. The van der Waals surface area contributed by atoms with E-state index in [9.17, 15) is 0 Å². The topological polar surface area (TPSA) is 48.1 Å². The minimum atomic E-state index is 0.588. The second-order valence-corrected chi connectivity index (χ2v) is 3.77. The molecule has 3 heteroatoms. The van der Waals surface area contributed by atoms with Crippen molar-refractivity contribution in [3.63, 3.8) is 0 Å². The summed E-state index contributed by atoms with van der Waals surface area (Å²) >= 11 is 0. The molecule has 0 amide bonds. The lowest BCUT2D eigenvalue weighted by Crippen LogP contribution is -2.14. The van der Waals surface area contributed by atoms with Crippen molar-refractivity contribution in [2.24, 2.45) is 0 Å². The van der Waals surface area contributed by atoms with Crippen LogP contribution < -0.4 is 5.73 Å². The monoisotopic (exact) mass is 200 g/mol. The van der Waals surface area contributed by atoms with Crippen molar-refractivity contribution in [2.45, 2.75) is 13.0 Å². The number of anilines is 1. The number of ether oxygens (including phenoxy) is 1. The molecule has 0 radical (unpaired) electrons. The molecule has 3 rings (SSSR count). The van der Waals surface area contributed by atoms with Gasteiger partial charge in [-0.05, 0) is 12.5 Å². The second-order valence-electron chi connectivity index (χ2n) is 3.77. The summed E-state index contributed by atoms with van der Waals surface area (Å²) in [6.07, 6.45) is 0.874. The number of nitrogens with two attached hydrogens (primary N) is 1. The van der Waals surface area contributed by atoms with Crippen LogP contribution in [0.15, 0.2) is 24.3 Å². The van der Waals surface area contributed by atoms with Crippen molar-refractivity contribution in [2.75, 3.05) is 12.3 Å². The molecule has 0 bridgehead atoms. The summed E-state index contributed by atoms with van der Waals surface area (Å²) in [6.45, 7) is 1.33. The van der Waals surface area contributed by atoms with Gasteiger partial charge in [0.25, 0.3) is 0 Å². The van der Waals surface area contributed by atoms with E-state index in [4.69, 9.17) is 10.5 Å². The smallest absolute Gasteiger partial charge is 0.0891 e. The van der Waals surface area contributed by atoms with Gasteiger partial charge in [-0.25, -0.2) is 4.98 Å². The Morgan fingerprint density at radius 2 is 2.13 bits per heavy atom. The van der Waals surface area contributed by atoms with Crippen LogP contribution in [-0.2, 0) is 17.8 Å². The average molecular weight is 200 g/mol. The van der Waals surface area contributed by atoms with Gasteiger partial charge in [-0.2, -0.15) is 0 Å². The molecule has 0 saturated carbocycles. The van der Waals surface area contributed by atoms with Gasteiger partial charge in [0.05, 0.1) is 24.4 Å². The lowest BCUT2D eigenvalue weighted by atomic mass is 10.0. The number of hydrogen-bond donors (Lipinski definition) is 1. The maximum Gasteiger partial charge on any atom is 0.0891 e. The molecule has 2 aromatic rings. The lowest BCUT2D eigenvalue weighted by Gasteiger charge is -2.18. The molecule has 0 fully saturated rings. The Balaban J connectivity index is 2.36. The van der Waals surface area contributed by atoms with E-state index in [0.29, 0.717) is 6.61 Å². The van der Waals surface area contributed by atoms with Crippen molar-refractivity contribution >= 4 is 16.6 Å². The fourth-order valence-electron chi connectivity index (χ4n) is 2.07. The van der Waals surface area contributed by atoms with E-state index in [1.54, 1.807) is 0 Å². The number of aromatic nitrogens is 1. The van der Waals surface area contributed by atoms with Crippen molar-refractivity contribution < 1.29 is 4.74 Å². The largest absolute Gasteiger partial charge is 0.398 e. The first kappa shape index (κ1) is 8.68. The molecule has 1 aromatic carbocycles. The number of fused-ring (bicyclic) bond motifs is 2. The van der Waals surface area contributed by atoms with Crippen LogP contribution >= 0.6 is 0 Å². The first-order chi connectivity index (χ1) is 7.36. The number of benzene rings is 1. The van der Waals surface area contributed by atoms with Crippen molar-refractivity contribution in [3.8, 4) is 0 Å². The summed E-state index contributed by atoms with van der Waals surface area (Å²) in [4.78, 5) is 4.57. The molecule has 2 N–H and O–H groups in total. The summed E-state index contributed by atoms with van der Waals surface area (Å²) in [7, 11) is 0. The fraction of sp³-hybridized carbons (Fsp3) is 0.250. The third-order valence-electron chi connectivity index (χ3n) is 2.86. The Bertz CT molecular complexity index is 522. The van der Waals surface area contributed by atoms with Gasteiger partial charge in [-0.3, -0.25) is 0 Å². The third-order valence-corrected chi connectivity index (χ3v) is 2.86. The molecule has 0 aliphatic carbocycles. The highest BCUT2D eigenvalue weighted by Crippen LogP contribution is 2.28. The molecule has 15 heavy (non-hydrogen) atoms. The normalized spacial score (nSPS) is 15.2. The zero-order valence-electron chi connectivity index (χ0n) is 8.36. The highest BCUT2D eigenvalue weighted by molar-refractivity contribution is 5.92. The predicted octanol–water partition coefficient (Wildman–Crippen LogP) is 1.89. The maximum atomic E-state index is 6.14. The Morgan fingerprint density at radius 1 is 1.27 bits per heavy atom. The quantitative estimate of drug-likeness (QED) is 0.706. The van der Waals surface area contributed by atoms with Gasteiger partial charge < -0.3 is 10.5 Å². The summed E-state index contributed by atoms with van der Waals surface area (Å²) < 4.78 is 5.38. The van der Waals surface area contributed by atoms with Crippen LogP contribution in [-0.4, -0.2) is 11.6 Å². The standard InChI is InChI=1S/C12H12N2O/c13-12-8-3-1-2-4-10(8)14-11-7-15-6-5-9(11)12/h1-4H,5-7H2,(H2,13,14). The van der Waals surface area contributed by atoms with Gasteiger partial charge in [0, 0.05) is 16.6 Å². The number of hydrogen-bond acceptors (Lipinski definition) is 3. The van der Waals surface area contributed by atoms with E-state index < -0.39 is 0 Å². The number of nitrogen functional groups attached to an aromatic ring is 1. The van der Waals surface area contributed by atoms with Crippen LogP contribution in [0.5, 0.6) is 0 Å².